The number of hydrogen-bond donors (Lipinski definition) is 2. The van der Waals surface area contributed by atoms with E-state index in [-0.39, 0.29) is 0 Å². The predicted octanol–water partition coefficient (Wildman–Crippen LogP) is 13.9. The summed E-state index contributed by atoms with van der Waals surface area (Å²) >= 11 is 0. The van der Waals surface area contributed by atoms with Gasteiger partial charge in [-0.25, -0.2) is 0 Å². The molecule has 0 unspecified atom stereocenters. The molecule has 11 rings (SSSR count). The smallest absolute Gasteiger partial charge is 0.0544 e. The van der Waals surface area contributed by atoms with Gasteiger partial charge in [0.25, 0.3) is 0 Å². The molecule has 0 aliphatic rings. The first kappa shape index (κ1) is 28.9. The first-order chi connectivity index (χ1) is 25.8. The molecule has 0 fully saturated rings. The molecule has 0 atom stereocenters. The van der Waals surface area contributed by atoms with E-state index in [4.69, 9.17) is 0 Å². The minimum Gasteiger partial charge on any atom is -0.354 e. The molecule has 0 aliphatic carbocycles. The number of rotatable bonds is 4. The average Bonchev–Trinajstić information content (AvgIpc) is 3.79. The van der Waals surface area contributed by atoms with Crippen LogP contribution in [-0.2, 0) is 0 Å². The van der Waals surface area contributed by atoms with E-state index >= 15 is 0 Å². The van der Waals surface area contributed by atoms with Crippen LogP contribution in [0.25, 0.3) is 110 Å². The molecular formula is C50H32N2. The molecule has 0 aliphatic heterocycles. The highest BCUT2D eigenvalue weighted by Crippen LogP contribution is 2.45. The van der Waals surface area contributed by atoms with Gasteiger partial charge in [0, 0.05) is 43.7 Å². The number of hydrogen-bond acceptors (Lipinski definition) is 0. The Morgan fingerprint density at radius 1 is 0.250 bits per heavy atom. The Morgan fingerprint density at radius 3 is 1.00 bits per heavy atom. The molecule has 2 N–H and O–H groups in total. The fourth-order valence-corrected chi connectivity index (χ4v) is 8.66. The lowest BCUT2D eigenvalue weighted by atomic mass is 9.85. The maximum Gasteiger partial charge on any atom is 0.0544 e. The molecule has 0 saturated heterocycles. The number of aromatic amines is 2. The fraction of sp³-hybridized carbons (Fsp3) is 0. The van der Waals surface area contributed by atoms with Crippen molar-refractivity contribution in [2.45, 2.75) is 0 Å². The van der Waals surface area contributed by atoms with E-state index in [1.54, 1.807) is 0 Å². The second-order valence-electron chi connectivity index (χ2n) is 13.8. The summed E-state index contributed by atoms with van der Waals surface area (Å²) in [7, 11) is 0. The quantitative estimate of drug-likeness (QED) is 0.176. The van der Waals surface area contributed by atoms with Crippen molar-refractivity contribution in [3.8, 4) is 44.5 Å². The van der Waals surface area contributed by atoms with E-state index in [0.717, 1.165) is 11.0 Å². The zero-order valence-corrected chi connectivity index (χ0v) is 28.3. The van der Waals surface area contributed by atoms with Gasteiger partial charge in [-0.3, -0.25) is 0 Å². The molecular weight excluding hydrogens is 629 g/mol. The highest BCUT2D eigenvalue weighted by atomic mass is 14.7. The second-order valence-corrected chi connectivity index (χ2v) is 13.8. The number of aromatic nitrogens is 2. The lowest BCUT2D eigenvalue weighted by Crippen LogP contribution is -1.92. The average molecular weight is 661 g/mol. The third-order valence-corrected chi connectivity index (χ3v) is 10.9. The molecule has 52 heavy (non-hydrogen) atoms. The number of para-hydroxylation sites is 4. The fourth-order valence-electron chi connectivity index (χ4n) is 8.66. The van der Waals surface area contributed by atoms with Gasteiger partial charge < -0.3 is 9.97 Å². The van der Waals surface area contributed by atoms with Crippen molar-refractivity contribution < 1.29 is 0 Å². The Labute approximate surface area is 300 Å². The Kier molecular flexibility index (Phi) is 6.28. The van der Waals surface area contributed by atoms with E-state index in [2.05, 4.69) is 192 Å². The molecule has 2 heteroatoms. The lowest BCUT2D eigenvalue weighted by Gasteiger charge is -2.19. The van der Waals surface area contributed by atoms with E-state index in [1.165, 1.54) is 98.6 Å². The summed E-state index contributed by atoms with van der Waals surface area (Å²) in [6, 6.07) is 66.4. The Morgan fingerprint density at radius 2 is 0.577 bits per heavy atom. The molecule has 9 aromatic carbocycles. The first-order valence-electron chi connectivity index (χ1n) is 17.9. The van der Waals surface area contributed by atoms with Gasteiger partial charge in [-0.15, -0.1) is 0 Å². The van der Waals surface area contributed by atoms with Crippen LogP contribution in [0.2, 0.25) is 0 Å². The van der Waals surface area contributed by atoms with Gasteiger partial charge in [-0.1, -0.05) is 158 Å². The first-order valence-corrected chi connectivity index (χ1v) is 17.9. The summed E-state index contributed by atoms with van der Waals surface area (Å²) in [5.74, 6) is 0. The molecule has 242 valence electrons. The largest absolute Gasteiger partial charge is 0.354 e. The zero-order chi connectivity index (χ0) is 34.2. The zero-order valence-electron chi connectivity index (χ0n) is 28.3. The van der Waals surface area contributed by atoms with Crippen LogP contribution in [0.3, 0.4) is 0 Å². The minimum absolute atomic E-state index is 1.16. The third kappa shape index (κ3) is 4.31. The molecule has 2 heterocycles. The molecule has 2 aromatic heterocycles. The number of fused-ring (bicyclic) bond motifs is 8. The SMILES string of the molecule is c1cc(-c2c3ccccc3c(-c3cccc(-c4cccc5c4[nH]c4ccccc45)c3)c3ccccc23)cc(-c2cccc3c2[nH]c2ccccc23)c1. The van der Waals surface area contributed by atoms with Crippen LogP contribution in [0.4, 0.5) is 0 Å². The van der Waals surface area contributed by atoms with Crippen LogP contribution in [-0.4, -0.2) is 9.97 Å². The lowest BCUT2D eigenvalue weighted by molar-refractivity contribution is 1.53. The topological polar surface area (TPSA) is 31.6 Å². The molecule has 0 spiro atoms. The summed E-state index contributed by atoms with van der Waals surface area (Å²) < 4.78 is 0. The molecule has 11 aromatic rings. The van der Waals surface area contributed by atoms with Crippen LogP contribution in [0, 0.1) is 0 Å². The van der Waals surface area contributed by atoms with Gasteiger partial charge in [0.15, 0.2) is 0 Å². The highest BCUT2D eigenvalue weighted by Gasteiger charge is 2.19. The summed E-state index contributed by atoms with van der Waals surface area (Å²) in [4.78, 5) is 7.44. The summed E-state index contributed by atoms with van der Waals surface area (Å²) in [6.45, 7) is 0. The van der Waals surface area contributed by atoms with Gasteiger partial charge in [0.2, 0.25) is 0 Å². The van der Waals surface area contributed by atoms with Gasteiger partial charge in [0.1, 0.15) is 0 Å². The van der Waals surface area contributed by atoms with Crippen molar-refractivity contribution in [2.75, 3.05) is 0 Å². The van der Waals surface area contributed by atoms with Gasteiger partial charge in [0.05, 0.1) is 11.0 Å². The van der Waals surface area contributed by atoms with Crippen LogP contribution >= 0.6 is 0 Å². The minimum atomic E-state index is 1.16. The van der Waals surface area contributed by atoms with Crippen molar-refractivity contribution in [1.82, 2.24) is 9.97 Å². The van der Waals surface area contributed by atoms with Crippen molar-refractivity contribution >= 4 is 65.2 Å². The normalized spacial score (nSPS) is 11.8. The maximum atomic E-state index is 3.72. The molecule has 0 amide bonds. The molecule has 0 radical (unpaired) electrons. The maximum absolute atomic E-state index is 3.72. The van der Waals surface area contributed by atoms with E-state index in [0.29, 0.717) is 0 Å². The van der Waals surface area contributed by atoms with E-state index in [9.17, 15) is 0 Å². The van der Waals surface area contributed by atoms with Gasteiger partial charge >= 0.3 is 0 Å². The summed E-state index contributed by atoms with van der Waals surface area (Å²) in [5.41, 5.74) is 14.4. The summed E-state index contributed by atoms with van der Waals surface area (Å²) in [5, 5.41) is 10.0. The van der Waals surface area contributed by atoms with Crippen LogP contribution in [0.5, 0.6) is 0 Å². The third-order valence-electron chi connectivity index (χ3n) is 10.9. The molecule has 0 bridgehead atoms. The van der Waals surface area contributed by atoms with Crippen LogP contribution in [0.15, 0.2) is 182 Å². The van der Waals surface area contributed by atoms with E-state index < -0.39 is 0 Å². The monoisotopic (exact) mass is 660 g/mol. The van der Waals surface area contributed by atoms with Crippen LogP contribution in [0.1, 0.15) is 0 Å². The standard InChI is InChI=1S/C50H32N2/c1-2-20-40-39(19-1)47(33-15-9-13-31(29-33)35-23-11-25-43-37-17-5-7-27-45(37)51-49(35)43)41-21-3-4-22-42(41)48(40)34-16-10-14-32(30-34)36-24-12-26-44-38-18-6-8-28-46(38)52-50(36)44/h1-30,51-52H. The highest BCUT2D eigenvalue weighted by molar-refractivity contribution is 6.22. The Hall–Kier alpha value is -6.90. The number of benzene rings is 9. The van der Waals surface area contributed by atoms with Gasteiger partial charge in [-0.05, 0) is 79.2 Å². The number of H-pyrrole nitrogens is 2. The van der Waals surface area contributed by atoms with Crippen molar-refractivity contribution in [3.05, 3.63) is 182 Å². The molecule has 2 nitrogen and oxygen atoms in total. The van der Waals surface area contributed by atoms with Crippen molar-refractivity contribution in [2.24, 2.45) is 0 Å². The Balaban J connectivity index is 1.12. The number of nitrogens with one attached hydrogen (secondary N) is 2. The second kappa shape index (κ2) is 11.3. The van der Waals surface area contributed by atoms with Gasteiger partial charge in [-0.2, -0.15) is 0 Å². The molecule has 0 saturated carbocycles. The predicted molar refractivity (Wildman–Crippen MR) is 222 cm³/mol. The van der Waals surface area contributed by atoms with E-state index in [1.807, 2.05) is 0 Å². The summed E-state index contributed by atoms with van der Waals surface area (Å²) in [6.07, 6.45) is 0. The van der Waals surface area contributed by atoms with Crippen molar-refractivity contribution in [3.63, 3.8) is 0 Å². The van der Waals surface area contributed by atoms with Crippen LogP contribution < -0.4 is 0 Å². The Bertz CT molecular complexity index is 2920. The van der Waals surface area contributed by atoms with Crippen molar-refractivity contribution in [1.29, 1.82) is 0 Å².